The van der Waals surface area contributed by atoms with Crippen molar-refractivity contribution in [3.63, 3.8) is 0 Å². The van der Waals surface area contributed by atoms with Gasteiger partial charge in [0, 0.05) is 0 Å². The Balaban J connectivity index is -0.000000105. The molecule has 78 valence electrons. The molecule has 0 rings (SSSR count). The Kier molecular flexibility index (Phi) is 46.0. The molecule has 0 aliphatic heterocycles. The largest absolute Gasteiger partial charge is 0.0864 e. The van der Waals surface area contributed by atoms with Crippen LogP contribution in [0.25, 0.3) is 0 Å². The maximum Gasteiger partial charge on any atom is -0.000483 e. The summed E-state index contributed by atoms with van der Waals surface area (Å²) in [6.07, 6.45) is 6.60. The van der Waals surface area contributed by atoms with Gasteiger partial charge in [0.1, 0.15) is 0 Å². The topological polar surface area (TPSA) is 0 Å². The number of halogens is 1. The highest BCUT2D eigenvalue weighted by atomic mass is 127. The molecule has 0 saturated carbocycles. The molecule has 0 aromatic heterocycles. The zero-order valence-corrected chi connectivity index (χ0v) is 11.8. The van der Waals surface area contributed by atoms with E-state index in [2.05, 4.69) is 57.2 Å². The summed E-state index contributed by atoms with van der Waals surface area (Å²) in [4.78, 5) is 0. The van der Waals surface area contributed by atoms with Crippen LogP contribution in [0.15, 0.2) is 0 Å². The van der Waals surface area contributed by atoms with Crippen molar-refractivity contribution in [3.8, 4) is 0 Å². The number of unbranched alkanes of at least 4 members (excludes halogenated alkanes) is 2. The van der Waals surface area contributed by atoms with Gasteiger partial charge in [-0.15, -0.1) is 0 Å². The van der Waals surface area contributed by atoms with Crippen LogP contribution < -0.4 is 0 Å². The fraction of sp³-hybridized carbons (Fsp3) is 1.00. The van der Waals surface area contributed by atoms with Gasteiger partial charge in [0.15, 0.2) is 0 Å². The Bertz CT molecular complexity index is 32.0. The molecular weight excluding hydrogens is 259 g/mol. The SMILES string of the molecule is CCC.CCCC.CCCCI. The van der Waals surface area contributed by atoms with Gasteiger partial charge in [-0.1, -0.05) is 82.9 Å². The van der Waals surface area contributed by atoms with E-state index >= 15 is 0 Å². The number of rotatable bonds is 3. The third-order valence-corrected chi connectivity index (χ3v) is 1.75. The molecule has 12 heavy (non-hydrogen) atoms. The summed E-state index contributed by atoms with van der Waals surface area (Å²) < 4.78 is 1.31. The van der Waals surface area contributed by atoms with Gasteiger partial charge in [0.25, 0.3) is 0 Å². The highest BCUT2D eigenvalue weighted by molar-refractivity contribution is 14.1. The quantitative estimate of drug-likeness (QED) is 0.478. The lowest BCUT2D eigenvalue weighted by molar-refractivity contribution is 0.886. The predicted molar refractivity (Wildman–Crippen MR) is 70.3 cm³/mol. The molecule has 0 radical (unpaired) electrons. The van der Waals surface area contributed by atoms with Crippen LogP contribution in [0.2, 0.25) is 0 Å². The lowest BCUT2D eigenvalue weighted by atomic mass is 10.4. The summed E-state index contributed by atoms with van der Waals surface area (Å²) >= 11 is 2.39. The minimum Gasteiger partial charge on any atom is -0.0864 e. The molecule has 0 aliphatic carbocycles. The fourth-order valence-electron chi connectivity index (χ4n) is 0.134. The van der Waals surface area contributed by atoms with E-state index in [0.29, 0.717) is 0 Å². The molecule has 0 aromatic rings. The van der Waals surface area contributed by atoms with Crippen molar-refractivity contribution < 1.29 is 0 Å². The van der Waals surface area contributed by atoms with Gasteiger partial charge < -0.3 is 0 Å². The molecule has 0 aromatic carbocycles. The first-order valence-electron chi connectivity index (χ1n) is 5.30. The summed E-state index contributed by atoms with van der Waals surface area (Å²) in [5, 5.41) is 0. The van der Waals surface area contributed by atoms with E-state index in [1.807, 2.05) is 0 Å². The lowest BCUT2D eigenvalue weighted by Crippen LogP contribution is -1.64. The van der Waals surface area contributed by atoms with E-state index in [9.17, 15) is 0 Å². The third-order valence-electron chi connectivity index (χ3n) is 0.987. The van der Waals surface area contributed by atoms with Gasteiger partial charge in [-0.3, -0.25) is 0 Å². The Morgan fingerprint density at radius 2 is 1.08 bits per heavy atom. The summed E-state index contributed by atoms with van der Waals surface area (Å²) in [6.45, 7) is 10.8. The molecule has 0 spiro atoms. The van der Waals surface area contributed by atoms with E-state index < -0.39 is 0 Å². The van der Waals surface area contributed by atoms with Crippen molar-refractivity contribution >= 4 is 22.6 Å². The molecule has 0 unspecified atom stereocenters. The molecule has 0 saturated heterocycles. The lowest BCUT2D eigenvalue weighted by Gasteiger charge is -1.77. The molecule has 0 atom stereocenters. The van der Waals surface area contributed by atoms with Crippen molar-refractivity contribution in [2.75, 3.05) is 4.43 Å². The van der Waals surface area contributed by atoms with Gasteiger partial charge >= 0.3 is 0 Å². The number of hydrogen-bond acceptors (Lipinski definition) is 0. The summed E-state index contributed by atoms with van der Waals surface area (Å²) in [6, 6.07) is 0. The van der Waals surface area contributed by atoms with Crippen LogP contribution in [0, 0.1) is 0 Å². The number of hydrogen-bond donors (Lipinski definition) is 0. The molecular formula is C11H27I. The van der Waals surface area contributed by atoms with Gasteiger partial charge in [-0.2, -0.15) is 0 Å². The van der Waals surface area contributed by atoms with E-state index in [0.717, 1.165) is 0 Å². The zero-order chi connectivity index (χ0) is 10.2. The highest BCUT2D eigenvalue weighted by Gasteiger charge is 1.69. The second-order valence-corrected chi connectivity index (χ2v) is 3.83. The van der Waals surface area contributed by atoms with Crippen LogP contribution in [0.5, 0.6) is 0 Å². The molecule has 0 bridgehead atoms. The Morgan fingerprint density at radius 3 is 1.08 bits per heavy atom. The first-order chi connectivity index (χ1) is 5.74. The minimum atomic E-state index is 1.25. The summed E-state index contributed by atoms with van der Waals surface area (Å²) in [5.41, 5.74) is 0. The van der Waals surface area contributed by atoms with E-state index in [1.54, 1.807) is 0 Å². The van der Waals surface area contributed by atoms with Gasteiger partial charge in [-0.25, -0.2) is 0 Å². The van der Waals surface area contributed by atoms with Gasteiger partial charge in [0.05, 0.1) is 0 Å². The van der Waals surface area contributed by atoms with Crippen molar-refractivity contribution in [1.82, 2.24) is 0 Å². The average Bonchev–Trinajstić information content (AvgIpc) is 2.08. The second-order valence-electron chi connectivity index (χ2n) is 2.75. The van der Waals surface area contributed by atoms with Crippen molar-refractivity contribution in [3.05, 3.63) is 0 Å². The molecule has 0 heterocycles. The zero-order valence-electron chi connectivity index (χ0n) is 9.62. The molecule has 0 nitrogen and oxygen atoms in total. The minimum absolute atomic E-state index is 1.25. The Hall–Kier alpha value is 0.730. The van der Waals surface area contributed by atoms with E-state index in [-0.39, 0.29) is 0 Å². The molecule has 0 amide bonds. The van der Waals surface area contributed by atoms with Gasteiger partial charge in [-0.05, 0) is 10.8 Å². The van der Waals surface area contributed by atoms with Crippen LogP contribution >= 0.6 is 22.6 Å². The normalized spacial score (nSPS) is 7.50. The van der Waals surface area contributed by atoms with Crippen LogP contribution in [-0.4, -0.2) is 4.43 Å². The van der Waals surface area contributed by atoms with E-state index in [1.165, 1.54) is 36.5 Å². The van der Waals surface area contributed by atoms with E-state index in [4.69, 9.17) is 0 Å². The monoisotopic (exact) mass is 286 g/mol. The van der Waals surface area contributed by atoms with Crippen LogP contribution in [0.3, 0.4) is 0 Å². The smallest absolute Gasteiger partial charge is 0.000483 e. The molecule has 0 aliphatic rings. The van der Waals surface area contributed by atoms with Crippen molar-refractivity contribution in [2.24, 2.45) is 0 Å². The standard InChI is InChI=1S/C4H9I.C4H10.C3H8/c1-2-3-4-5;1-3-4-2;1-3-2/h2-4H2,1H3;3-4H2,1-2H3;3H2,1-2H3. The maximum atomic E-state index is 2.39. The summed E-state index contributed by atoms with van der Waals surface area (Å²) in [5.74, 6) is 0. The van der Waals surface area contributed by atoms with Crippen molar-refractivity contribution in [2.45, 2.75) is 66.7 Å². The third kappa shape index (κ3) is 73.0. The number of alkyl halides is 1. The van der Waals surface area contributed by atoms with Gasteiger partial charge in [0.2, 0.25) is 0 Å². The summed E-state index contributed by atoms with van der Waals surface area (Å²) in [7, 11) is 0. The van der Waals surface area contributed by atoms with Crippen LogP contribution in [0.1, 0.15) is 66.7 Å². The Morgan fingerprint density at radius 1 is 0.750 bits per heavy atom. The van der Waals surface area contributed by atoms with Crippen LogP contribution in [-0.2, 0) is 0 Å². The highest BCUT2D eigenvalue weighted by Crippen LogP contribution is 1.90. The fourth-order valence-corrected chi connectivity index (χ4v) is 0.896. The molecule has 0 N–H and O–H groups in total. The first kappa shape index (κ1) is 18.5. The average molecular weight is 286 g/mol. The molecule has 0 fully saturated rings. The second kappa shape index (κ2) is 29.8. The van der Waals surface area contributed by atoms with Crippen molar-refractivity contribution in [1.29, 1.82) is 0 Å². The van der Waals surface area contributed by atoms with Crippen LogP contribution in [0.4, 0.5) is 0 Å². The Labute approximate surface area is 93.7 Å². The maximum absolute atomic E-state index is 2.39. The molecule has 1 heteroatoms. The first-order valence-corrected chi connectivity index (χ1v) is 6.83. The predicted octanol–water partition coefficient (Wildman–Crippen LogP) is 5.44.